The highest BCUT2D eigenvalue weighted by Crippen LogP contribution is 2.30. The number of ether oxygens (including phenoxy) is 3. The Kier molecular flexibility index (Phi) is 3.71. The molecule has 0 radical (unpaired) electrons. The number of aliphatic hydroxyl groups is 1. The topological polar surface area (TPSA) is 60.0 Å². The molecule has 0 bridgehead atoms. The predicted molar refractivity (Wildman–Crippen MR) is 63.8 cm³/mol. The minimum atomic E-state index is -0.495. The van der Waals surface area contributed by atoms with Crippen molar-refractivity contribution in [2.75, 3.05) is 32.8 Å². The molecule has 2 rings (SSSR count). The smallest absolute Gasteiger partial charge is 0.142 e. The SMILES string of the molecule is COc1ccc(OC)c(NC2COCC2O)c1. The molecule has 1 aromatic rings. The van der Waals surface area contributed by atoms with Crippen molar-refractivity contribution < 1.29 is 19.3 Å². The van der Waals surface area contributed by atoms with Crippen LogP contribution in [0, 0.1) is 0 Å². The number of anilines is 1. The summed E-state index contributed by atoms with van der Waals surface area (Å²) in [5.74, 6) is 1.45. The van der Waals surface area contributed by atoms with Gasteiger partial charge in [0.2, 0.25) is 0 Å². The van der Waals surface area contributed by atoms with Crippen LogP contribution in [-0.4, -0.2) is 44.7 Å². The monoisotopic (exact) mass is 239 g/mol. The van der Waals surface area contributed by atoms with E-state index in [2.05, 4.69) is 5.32 Å². The van der Waals surface area contributed by atoms with Crippen LogP contribution in [0.4, 0.5) is 5.69 Å². The highest BCUT2D eigenvalue weighted by molar-refractivity contribution is 5.60. The van der Waals surface area contributed by atoms with Crippen LogP contribution in [0.2, 0.25) is 0 Å². The van der Waals surface area contributed by atoms with Gasteiger partial charge in [-0.2, -0.15) is 0 Å². The molecule has 5 nitrogen and oxygen atoms in total. The van der Waals surface area contributed by atoms with Gasteiger partial charge >= 0.3 is 0 Å². The number of rotatable bonds is 4. The van der Waals surface area contributed by atoms with Gasteiger partial charge in [0.05, 0.1) is 45.3 Å². The fourth-order valence-electron chi connectivity index (χ4n) is 1.81. The number of benzene rings is 1. The first-order valence-corrected chi connectivity index (χ1v) is 5.49. The fraction of sp³-hybridized carbons (Fsp3) is 0.500. The van der Waals surface area contributed by atoms with Crippen molar-refractivity contribution in [3.8, 4) is 11.5 Å². The standard InChI is InChI=1S/C12H17NO4/c1-15-8-3-4-12(16-2)9(5-8)13-10-6-17-7-11(10)14/h3-5,10-11,13-14H,6-7H2,1-2H3. The van der Waals surface area contributed by atoms with Crippen LogP contribution in [0.15, 0.2) is 18.2 Å². The van der Waals surface area contributed by atoms with Crippen LogP contribution in [0.3, 0.4) is 0 Å². The maximum Gasteiger partial charge on any atom is 0.142 e. The average molecular weight is 239 g/mol. The second-order valence-corrected chi connectivity index (χ2v) is 3.92. The van der Waals surface area contributed by atoms with Crippen molar-refractivity contribution in [2.45, 2.75) is 12.1 Å². The molecule has 1 fully saturated rings. The quantitative estimate of drug-likeness (QED) is 0.816. The van der Waals surface area contributed by atoms with E-state index in [-0.39, 0.29) is 6.04 Å². The molecule has 1 heterocycles. The average Bonchev–Trinajstić information content (AvgIpc) is 2.75. The molecule has 1 saturated heterocycles. The molecule has 1 aliphatic rings. The molecule has 0 spiro atoms. The van der Waals surface area contributed by atoms with Crippen LogP contribution in [0.25, 0.3) is 0 Å². The van der Waals surface area contributed by atoms with Crippen molar-refractivity contribution in [2.24, 2.45) is 0 Å². The lowest BCUT2D eigenvalue weighted by atomic mass is 10.2. The summed E-state index contributed by atoms with van der Waals surface area (Å²) in [7, 11) is 3.22. The number of aliphatic hydroxyl groups excluding tert-OH is 1. The molecule has 0 aromatic heterocycles. The third-order valence-electron chi connectivity index (χ3n) is 2.80. The van der Waals surface area contributed by atoms with Gasteiger partial charge in [-0.15, -0.1) is 0 Å². The van der Waals surface area contributed by atoms with Crippen molar-refractivity contribution in [3.05, 3.63) is 18.2 Å². The van der Waals surface area contributed by atoms with E-state index >= 15 is 0 Å². The number of hydrogen-bond donors (Lipinski definition) is 2. The maximum atomic E-state index is 9.68. The zero-order valence-corrected chi connectivity index (χ0v) is 9.97. The molecule has 2 N–H and O–H groups in total. The Labute approximate surface area is 100 Å². The molecule has 0 saturated carbocycles. The Balaban J connectivity index is 2.17. The van der Waals surface area contributed by atoms with Gasteiger partial charge in [0.25, 0.3) is 0 Å². The highest BCUT2D eigenvalue weighted by atomic mass is 16.5. The Morgan fingerprint density at radius 1 is 1.29 bits per heavy atom. The van der Waals surface area contributed by atoms with Crippen LogP contribution in [0.5, 0.6) is 11.5 Å². The van der Waals surface area contributed by atoms with E-state index in [1.807, 2.05) is 18.2 Å². The molecule has 1 aliphatic heterocycles. The minimum absolute atomic E-state index is 0.115. The Morgan fingerprint density at radius 3 is 2.71 bits per heavy atom. The van der Waals surface area contributed by atoms with Gasteiger partial charge < -0.3 is 24.6 Å². The summed E-state index contributed by atoms with van der Waals surface area (Å²) < 4.78 is 15.6. The van der Waals surface area contributed by atoms with E-state index in [1.54, 1.807) is 14.2 Å². The summed E-state index contributed by atoms with van der Waals surface area (Å²) in [4.78, 5) is 0. The van der Waals surface area contributed by atoms with Gasteiger partial charge in [-0.25, -0.2) is 0 Å². The molecule has 5 heteroatoms. The zero-order valence-electron chi connectivity index (χ0n) is 9.97. The summed E-state index contributed by atoms with van der Waals surface area (Å²) in [5, 5.41) is 12.9. The Morgan fingerprint density at radius 2 is 2.12 bits per heavy atom. The lowest BCUT2D eigenvalue weighted by Crippen LogP contribution is -2.31. The molecule has 0 aliphatic carbocycles. The lowest BCUT2D eigenvalue weighted by Gasteiger charge is -2.18. The van der Waals surface area contributed by atoms with E-state index in [4.69, 9.17) is 14.2 Å². The minimum Gasteiger partial charge on any atom is -0.497 e. The van der Waals surface area contributed by atoms with E-state index < -0.39 is 6.10 Å². The van der Waals surface area contributed by atoms with Gasteiger partial charge in [-0.1, -0.05) is 0 Å². The number of nitrogens with one attached hydrogen (secondary N) is 1. The van der Waals surface area contributed by atoms with Gasteiger partial charge in [0.15, 0.2) is 0 Å². The lowest BCUT2D eigenvalue weighted by molar-refractivity contribution is 0.125. The summed E-state index contributed by atoms with van der Waals surface area (Å²) in [6.07, 6.45) is -0.495. The van der Waals surface area contributed by atoms with Crippen molar-refractivity contribution in [1.29, 1.82) is 0 Å². The first-order chi connectivity index (χ1) is 8.24. The summed E-state index contributed by atoms with van der Waals surface area (Å²) in [5.41, 5.74) is 0.793. The summed E-state index contributed by atoms with van der Waals surface area (Å²) in [6, 6.07) is 5.37. The zero-order chi connectivity index (χ0) is 12.3. The van der Waals surface area contributed by atoms with E-state index in [0.29, 0.717) is 19.0 Å². The highest BCUT2D eigenvalue weighted by Gasteiger charge is 2.26. The van der Waals surface area contributed by atoms with E-state index in [9.17, 15) is 5.11 Å². The van der Waals surface area contributed by atoms with E-state index in [0.717, 1.165) is 11.4 Å². The third kappa shape index (κ3) is 2.62. The van der Waals surface area contributed by atoms with Crippen molar-refractivity contribution in [1.82, 2.24) is 0 Å². The predicted octanol–water partition coefficient (Wildman–Crippen LogP) is 0.875. The molecule has 2 atom stereocenters. The van der Waals surface area contributed by atoms with Crippen LogP contribution < -0.4 is 14.8 Å². The van der Waals surface area contributed by atoms with E-state index in [1.165, 1.54) is 0 Å². The number of methoxy groups -OCH3 is 2. The van der Waals surface area contributed by atoms with Crippen LogP contribution in [-0.2, 0) is 4.74 Å². The maximum absolute atomic E-state index is 9.68. The molecule has 0 amide bonds. The molecule has 17 heavy (non-hydrogen) atoms. The second kappa shape index (κ2) is 5.25. The summed E-state index contributed by atoms with van der Waals surface area (Å²) >= 11 is 0. The fourth-order valence-corrected chi connectivity index (χ4v) is 1.81. The van der Waals surface area contributed by atoms with Crippen molar-refractivity contribution >= 4 is 5.69 Å². The Bertz CT molecular complexity index is 383. The largest absolute Gasteiger partial charge is 0.497 e. The third-order valence-corrected chi connectivity index (χ3v) is 2.80. The van der Waals surface area contributed by atoms with Crippen LogP contribution >= 0.6 is 0 Å². The van der Waals surface area contributed by atoms with Gasteiger partial charge in [-0.05, 0) is 12.1 Å². The van der Waals surface area contributed by atoms with Gasteiger partial charge in [0.1, 0.15) is 11.5 Å². The first-order valence-electron chi connectivity index (χ1n) is 5.49. The van der Waals surface area contributed by atoms with Crippen LogP contribution in [0.1, 0.15) is 0 Å². The second-order valence-electron chi connectivity index (χ2n) is 3.92. The normalized spacial score (nSPS) is 23.5. The van der Waals surface area contributed by atoms with Gasteiger partial charge in [-0.3, -0.25) is 0 Å². The molecular formula is C12H17NO4. The molecular weight excluding hydrogens is 222 g/mol. The molecule has 94 valence electrons. The first kappa shape index (κ1) is 12.0. The molecule has 2 unspecified atom stereocenters. The van der Waals surface area contributed by atoms with Crippen molar-refractivity contribution in [3.63, 3.8) is 0 Å². The number of hydrogen-bond acceptors (Lipinski definition) is 5. The summed E-state index contributed by atoms with van der Waals surface area (Å²) in [6.45, 7) is 0.853. The Hall–Kier alpha value is -1.46. The molecule has 1 aromatic carbocycles. The van der Waals surface area contributed by atoms with Gasteiger partial charge in [0, 0.05) is 6.07 Å².